The summed E-state index contributed by atoms with van der Waals surface area (Å²) >= 11 is 6.00. The fourth-order valence-electron chi connectivity index (χ4n) is 2.70. The van der Waals surface area contributed by atoms with Crippen LogP contribution in [-0.4, -0.2) is 18.5 Å². The van der Waals surface area contributed by atoms with E-state index in [9.17, 15) is 0 Å². The van der Waals surface area contributed by atoms with Crippen molar-refractivity contribution in [2.75, 3.05) is 19.3 Å². The number of hydrogen-bond donors (Lipinski definition) is 1. The van der Waals surface area contributed by atoms with Crippen LogP contribution in [0.25, 0.3) is 0 Å². The van der Waals surface area contributed by atoms with Gasteiger partial charge < -0.3 is 10.6 Å². The molecule has 0 aliphatic heterocycles. The van der Waals surface area contributed by atoms with Crippen molar-refractivity contribution in [1.82, 2.24) is 4.90 Å². The zero-order valence-electron chi connectivity index (χ0n) is 10.5. The lowest BCUT2D eigenvalue weighted by molar-refractivity contribution is 0.271. The second-order valence-corrected chi connectivity index (χ2v) is 5.63. The monoisotopic (exact) mass is 252 g/mol. The van der Waals surface area contributed by atoms with E-state index in [4.69, 9.17) is 17.3 Å². The summed E-state index contributed by atoms with van der Waals surface area (Å²) in [6, 6.07) is 5.71. The van der Waals surface area contributed by atoms with Crippen molar-refractivity contribution in [3.8, 4) is 0 Å². The summed E-state index contributed by atoms with van der Waals surface area (Å²) in [5, 5.41) is 0.767. The highest BCUT2D eigenvalue weighted by molar-refractivity contribution is 6.30. The molecule has 1 fully saturated rings. The summed E-state index contributed by atoms with van der Waals surface area (Å²) < 4.78 is 0. The van der Waals surface area contributed by atoms with E-state index in [2.05, 4.69) is 11.9 Å². The quantitative estimate of drug-likeness (QED) is 0.831. The van der Waals surface area contributed by atoms with Crippen LogP contribution in [0.15, 0.2) is 18.2 Å². The van der Waals surface area contributed by atoms with Gasteiger partial charge >= 0.3 is 0 Å². The molecule has 1 saturated carbocycles. The van der Waals surface area contributed by atoms with Gasteiger partial charge in [0, 0.05) is 23.8 Å². The SMILES string of the molecule is CN(Cc1cc(Cl)ccc1N)CC1CCCC1. The van der Waals surface area contributed by atoms with Gasteiger partial charge in [-0.25, -0.2) is 0 Å². The zero-order valence-corrected chi connectivity index (χ0v) is 11.2. The van der Waals surface area contributed by atoms with Gasteiger partial charge in [0.05, 0.1) is 0 Å². The second-order valence-electron chi connectivity index (χ2n) is 5.19. The molecule has 1 aliphatic carbocycles. The lowest BCUT2D eigenvalue weighted by Gasteiger charge is -2.21. The van der Waals surface area contributed by atoms with E-state index in [-0.39, 0.29) is 0 Å². The molecule has 0 bridgehead atoms. The van der Waals surface area contributed by atoms with Gasteiger partial charge in [-0.2, -0.15) is 0 Å². The molecule has 0 atom stereocenters. The largest absolute Gasteiger partial charge is 0.398 e. The summed E-state index contributed by atoms with van der Waals surface area (Å²) in [7, 11) is 2.17. The third-order valence-electron chi connectivity index (χ3n) is 3.59. The molecule has 1 aliphatic rings. The number of hydrogen-bond acceptors (Lipinski definition) is 2. The molecular formula is C14H21ClN2. The zero-order chi connectivity index (χ0) is 12.3. The molecule has 17 heavy (non-hydrogen) atoms. The molecule has 0 amide bonds. The van der Waals surface area contributed by atoms with Crippen LogP contribution in [0.1, 0.15) is 31.2 Å². The van der Waals surface area contributed by atoms with Crippen LogP contribution in [0, 0.1) is 5.92 Å². The maximum atomic E-state index is 6.00. The molecule has 1 aromatic rings. The van der Waals surface area contributed by atoms with Gasteiger partial charge in [0.1, 0.15) is 0 Å². The van der Waals surface area contributed by atoms with Crippen molar-refractivity contribution in [2.24, 2.45) is 5.92 Å². The molecule has 0 heterocycles. The van der Waals surface area contributed by atoms with Crippen molar-refractivity contribution < 1.29 is 0 Å². The summed E-state index contributed by atoms with van der Waals surface area (Å²) in [6.45, 7) is 2.06. The van der Waals surface area contributed by atoms with Crippen molar-refractivity contribution in [3.63, 3.8) is 0 Å². The summed E-state index contributed by atoms with van der Waals surface area (Å²) in [5.74, 6) is 0.875. The lowest BCUT2D eigenvalue weighted by Crippen LogP contribution is -2.24. The highest BCUT2D eigenvalue weighted by atomic mass is 35.5. The third kappa shape index (κ3) is 3.62. The molecule has 3 heteroatoms. The first-order chi connectivity index (χ1) is 8.15. The number of nitrogens with zero attached hydrogens (tertiary/aromatic N) is 1. The number of benzene rings is 1. The predicted molar refractivity (Wildman–Crippen MR) is 74.2 cm³/mol. The number of nitrogen functional groups attached to an aromatic ring is 1. The third-order valence-corrected chi connectivity index (χ3v) is 3.82. The normalized spacial score (nSPS) is 16.9. The minimum atomic E-state index is 0.767. The molecule has 0 spiro atoms. The fraction of sp³-hybridized carbons (Fsp3) is 0.571. The average Bonchev–Trinajstić information content (AvgIpc) is 2.76. The topological polar surface area (TPSA) is 29.3 Å². The van der Waals surface area contributed by atoms with Crippen molar-refractivity contribution in [2.45, 2.75) is 32.2 Å². The molecule has 2 rings (SSSR count). The molecule has 0 aromatic heterocycles. The van der Waals surface area contributed by atoms with Crippen LogP contribution in [0.2, 0.25) is 5.02 Å². The fourth-order valence-corrected chi connectivity index (χ4v) is 2.90. The highest BCUT2D eigenvalue weighted by Crippen LogP contribution is 2.26. The minimum absolute atomic E-state index is 0.767. The Morgan fingerprint density at radius 3 is 2.76 bits per heavy atom. The second kappa shape index (κ2) is 5.74. The molecule has 94 valence electrons. The molecule has 2 nitrogen and oxygen atoms in total. The minimum Gasteiger partial charge on any atom is -0.398 e. The van der Waals surface area contributed by atoms with Crippen molar-refractivity contribution in [1.29, 1.82) is 0 Å². The van der Waals surface area contributed by atoms with E-state index in [1.54, 1.807) is 0 Å². The van der Waals surface area contributed by atoms with Crippen molar-refractivity contribution in [3.05, 3.63) is 28.8 Å². The van der Waals surface area contributed by atoms with Crippen molar-refractivity contribution >= 4 is 17.3 Å². The predicted octanol–water partition coefficient (Wildman–Crippen LogP) is 3.54. The van der Waals surface area contributed by atoms with E-state index >= 15 is 0 Å². The Bertz CT molecular complexity index is 372. The Morgan fingerprint density at radius 2 is 2.06 bits per heavy atom. The Morgan fingerprint density at radius 1 is 1.35 bits per heavy atom. The molecule has 0 saturated heterocycles. The van der Waals surface area contributed by atoms with E-state index in [1.807, 2.05) is 18.2 Å². The van der Waals surface area contributed by atoms with Gasteiger partial charge in [-0.3, -0.25) is 0 Å². The molecular weight excluding hydrogens is 232 g/mol. The average molecular weight is 253 g/mol. The van der Waals surface area contributed by atoms with Gasteiger partial charge in [-0.05, 0) is 49.6 Å². The van der Waals surface area contributed by atoms with Gasteiger partial charge in [0.2, 0.25) is 0 Å². The van der Waals surface area contributed by atoms with Crippen LogP contribution in [-0.2, 0) is 6.54 Å². The van der Waals surface area contributed by atoms with E-state index in [0.29, 0.717) is 0 Å². The Labute approximate surface area is 109 Å². The van der Waals surface area contributed by atoms with E-state index < -0.39 is 0 Å². The summed E-state index contributed by atoms with van der Waals surface area (Å²) in [5.41, 5.74) is 7.94. The van der Waals surface area contributed by atoms with Crippen LogP contribution < -0.4 is 5.73 Å². The first kappa shape index (κ1) is 12.7. The number of halogens is 1. The first-order valence-electron chi connectivity index (χ1n) is 6.37. The number of anilines is 1. The van der Waals surface area contributed by atoms with Crippen LogP contribution in [0.3, 0.4) is 0 Å². The Balaban J connectivity index is 1.92. The lowest BCUT2D eigenvalue weighted by atomic mass is 10.1. The van der Waals surface area contributed by atoms with E-state index in [0.717, 1.165) is 28.7 Å². The number of rotatable bonds is 4. The smallest absolute Gasteiger partial charge is 0.0410 e. The molecule has 1 aromatic carbocycles. The Hall–Kier alpha value is -0.730. The number of nitrogens with two attached hydrogens (primary N) is 1. The summed E-state index contributed by atoms with van der Waals surface area (Å²) in [4.78, 5) is 2.36. The standard InChI is InChI=1S/C14H21ClN2/c1-17(9-11-4-2-3-5-11)10-12-8-13(15)6-7-14(12)16/h6-8,11H,2-5,9-10,16H2,1H3. The van der Waals surface area contributed by atoms with Gasteiger partial charge in [-0.15, -0.1) is 0 Å². The van der Waals surface area contributed by atoms with Crippen LogP contribution in [0.4, 0.5) is 5.69 Å². The molecule has 0 unspecified atom stereocenters. The van der Waals surface area contributed by atoms with Crippen LogP contribution >= 0.6 is 11.6 Å². The van der Waals surface area contributed by atoms with Gasteiger partial charge in [0.25, 0.3) is 0 Å². The van der Waals surface area contributed by atoms with Gasteiger partial charge in [-0.1, -0.05) is 24.4 Å². The summed E-state index contributed by atoms with van der Waals surface area (Å²) in [6.07, 6.45) is 5.57. The maximum Gasteiger partial charge on any atom is 0.0410 e. The Kier molecular flexibility index (Phi) is 4.30. The molecule has 0 radical (unpaired) electrons. The van der Waals surface area contributed by atoms with Gasteiger partial charge in [0.15, 0.2) is 0 Å². The maximum absolute atomic E-state index is 6.00. The van der Waals surface area contributed by atoms with Crippen LogP contribution in [0.5, 0.6) is 0 Å². The first-order valence-corrected chi connectivity index (χ1v) is 6.75. The highest BCUT2D eigenvalue weighted by Gasteiger charge is 2.17. The molecule has 2 N–H and O–H groups in total. The van der Waals surface area contributed by atoms with E-state index in [1.165, 1.54) is 32.2 Å².